The molecule has 8 nitrogen and oxygen atoms in total. The summed E-state index contributed by atoms with van der Waals surface area (Å²) < 4.78 is 48.4. The highest BCUT2D eigenvalue weighted by molar-refractivity contribution is 7.92. The number of benzene rings is 2. The number of halogens is 1. The molecule has 10 heteroatoms. The number of sulfonamides is 1. The highest BCUT2D eigenvalue weighted by Gasteiger charge is 2.23. The van der Waals surface area contributed by atoms with E-state index in [2.05, 4.69) is 9.71 Å². The first kappa shape index (κ1) is 23.7. The fourth-order valence-corrected chi connectivity index (χ4v) is 5.19. The maximum atomic E-state index is 13.4. The Morgan fingerprint density at radius 3 is 2.68 bits per heavy atom. The molecular formula is C24H25FN4O4S. The molecule has 0 saturated heterocycles. The minimum Gasteiger partial charge on any atom is -0.408 e. The number of hydrogen-bond donors (Lipinski definition) is 2. The number of aromatic nitrogens is 2. The standard InChI is InChI=1S/C24H25FN4O4S/c1-15-12-19-20(14-21(15)34(31,32)28-23-10-4-9-22(25)27-23)33-24(30)29(19)16(2)18-8-3-6-17(13-18)7-5-11-26/h3-4,6,8-10,12-14,16H,5,7,11,26H2,1-2H3,(H,27,28)/t16-/m1/s1. The van der Waals surface area contributed by atoms with Crippen molar-refractivity contribution in [2.45, 2.75) is 37.6 Å². The van der Waals surface area contributed by atoms with Crippen LogP contribution in [-0.4, -0.2) is 24.5 Å². The van der Waals surface area contributed by atoms with Gasteiger partial charge in [0.15, 0.2) is 5.58 Å². The number of aryl methyl sites for hydroxylation is 2. The second kappa shape index (κ2) is 9.40. The molecule has 0 aliphatic rings. The fourth-order valence-electron chi connectivity index (χ4n) is 3.94. The van der Waals surface area contributed by atoms with Gasteiger partial charge in [0, 0.05) is 6.07 Å². The summed E-state index contributed by atoms with van der Waals surface area (Å²) in [7, 11) is -4.10. The van der Waals surface area contributed by atoms with Gasteiger partial charge in [0.1, 0.15) is 5.82 Å². The van der Waals surface area contributed by atoms with Gasteiger partial charge in [-0.05, 0) is 68.1 Å². The molecule has 0 amide bonds. The van der Waals surface area contributed by atoms with Crippen LogP contribution in [0, 0.1) is 12.9 Å². The molecule has 0 spiro atoms. The molecule has 0 fully saturated rings. The maximum absolute atomic E-state index is 13.4. The molecule has 0 unspecified atom stereocenters. The van der Waals surface area contributed by atoms with Gasteiger partial charge < -0.3 is 10.2 Å². The van der Waals surface area contributed by atoms with Crippen molar-refractivity contribution < 1.29 is 17.2 Å². The number of pyridine rings is 1. The third-order valence-corrected chi connectivity index (χ3v) is 7.14. The monoisotopic (exact) mass is 484 g/mol. The molecule has 178 valence electrons. The highest BCUT2D eigenvalue weighted by atomic mass is 32.2. The second-order valence-corrected chi connectivity index (χ2v) is 9.74. The zero-order chi connectivity index (χ0) is 24.5. The Morgan fingerprint density at radius 1 is 1.18 bits per heavy atom. The zero-order valence-corrected chi connectivity index (χ0v) is 19.6. The third kappa shape index (κ3) is 4.73. The number of oxazole rings is 1. The molecule has 2 heterocycles. The van der Waals surface area contributed by atoms with E-state index in [1.165, 1.54) is 22.8 Å². The first-order valence-electron chi connectivity index (χ1n) is 10.8. The molecule has 0 radical (unpaired) electrons. The van der Waals surface area contributed by atoms with Gasteiger partial charge in [-0.25, -0.2) is 18.2 Å². The number of rotatable bonds is 8. The first-order valence-corrected chi connectivity index (χ1v) is 12.3. The summed E-state index contributed by atoms with van der Waals surface area (Å²) in [5.41, 5.74) is 8.67. The number of hydrogen-bond acceptors (Lipinski definition) is 6. The van der Waals surface area contributed by atoms with E-state index in [0.29, 0.717) is 17.6 Å². The Bertz CT molecular complexity index is 1510. The lowest BCUT2D eigenvalue weighted by Gasteiger charge is -2.15. The highest BCUT2D eigenvalue weighted by Crippen LogP contribution is 2.28. The van der Waals surface area contributed by atoms with Crippen molar-refractivity contribution in [2.75, 3.05) is 11.3 Å². The van der Waals surface area contributed by atoms with Crippen LogP contribution in [0.25, 0.3) is 11.1 Å². The van der Waals surface area contributed by atoms with Gasteiger partial charge in [-0.15, -0.1) is 0 Å². The normalized spacial score (nSPS) is 12.7. The predicted molar refractivity (Wildman–Crippen MR) is 128 cm³/mol. The Labute approximate surface area is 196 Å². The molecule has 4 aromatic rings. The van der Waals surface area contributed by atoms with Crippen molar-refractivity contribution in [3.05, 3.63) is 87.8 Å². The van der Waals surface area contributed by atoms with Crippen molar-refractivity contribution in [2.24, 2.45) is 5.73 Å². The number of anilines is 1. The van der Waals surface area contributed by atoms with Crippen LogP contribution in [0.3, 0.4) is 0 Å². The molecular weight excluding hydrogens is 459 g/mol. The average Bonchev–Trinajstić information content (AvgIpc) is 3.11. The van der Waals surface area contributed by atoms with Crippen LogP contribution in [0.2, 0.25) is 0 Å². The van der Waals surface area contributed by atoms with E-state index in [0.717, 1.165) is 30.0 Å². The molecule has 1 atom stereocenters. The third-order valence-electron chi connectivity index (χ3n) is 5.64. The predicted octanol–water partition coefficient (Wildman–Crippen LogP) is 3.74. The van der Waals surface area contributed by atoms with Gasteiger partial charge in [-0.2, -0.15) is 4.39 Å². The van der Waals surface area contributed by atoms with E-state index in [9.17, 15) is 17.6 Å². The van der Waals surface area contributed by atoms with Gasteiger partial charge in [0.05, 0.1) is 16.5 Å². The van der Waals surface area contributed by atoms with Crippen LogP contribution in [0.1, 0.15) is 36.1 Å². The Hall–Kier alpha value is -3.50. The lowest BCUT2D eigenvalue weighted by molar-refractivity contribution is 0.489. The molecule has 4 rings (SSSR count). The SMILES string of the molecule is Cc1cc2c(cc1S(=O)(=O)Nc1cccc(F)n1)oc(=O)n2[C@H](C)c1cccc(CCCN)c1. The number of nitrogens with one attached hydrogen (secondary N) is 1. The summed E-state index contributed by atoms with van der Waals surface area (Å²) in [5, 5.41) is 0. The van der Waals surface area contributed by atoms with Gasteiger partial charge in [0.2, 0.25) is 5.95 Å². The van der Waals surface area contributed by atoms with Crippen molar-refractivity contribution in [1.82, 2.24) is 9.55 Å². The van der Waals surface area contributed by atoms with Crippen LogP contribution in [-0.2, 0) is 16.4 Å². The zero-order valence-electron chi connectivity index (χ0n) is 18.8. The Balaban J connectivity index is 1.73. The van der Waals surface area contributed by atoms with E-state index < -0.39 is 21.7 Å². The van der Waals surface area contributed by atoms with E-state index in [1.807, 2.05) is 31.2 Å². The summed E-state index contributed by atoms with van der Waals surface area (Å²) in [6.45, 7) is 4.10. The molecule has 0 bridgehead atoms. The van der Waals surface area contributed by atoms with Gasteiger partial charge >= 0.3 is 5.76 Å². The van der Waals surface area contributed by atoms with Crippen LogP contribution in [0.5, 0.6) is 0 Å². The van der Waals surface area contributed by atoms with Gasteiger partial charge in [0.25, 0.3) is 10.0 Å². The van der Waals surface area contributed by atoms with Crippen molar-refractivity contribution >= 4 is 26.9 Å². The van der Waals surface area contributed by atoms with E-state index in [4.69, 9.17) is 10.2 Å². The average molecular weight is 485 g/mol. The lowest BCUT2D eigenvalue weighted by Crippen LogP contribution is -2.19. The maximum Gasteiger partial charge on any atom is 0.420 e. The first-order chi connectivity index (χ1) is 16.2. The van der Waals surface area contributed by atoms with Crippen LogP contribution < -0.4 is 16.2 Å². The lowest BCUT2D eigenvalue weighted by atomic mass is 10.0. The summed E-state index contributed by atoms with van der Waals surface area (Å²) in [5.74, 6) is -1.55. The minimum absolute atomic E-state index is 0.0941. The molecule has 34 heavy (non-hydrogen) atoms. The largest absolute Gasteiger partial charge is 0.420 e. The molecule has 2 aromatic carbocycles. The van der Waals surface area contributed by atoms with Gasteiger partial charge in [-0.3, -0.25) is 9.29 Å². The molecule has 0 saturated carbocycles. The topological polar surface area (TPSA) is 120 Å². The van der Waals surface area contributed by atoms with E-state index in [-0.39, 0.29) is 22.3 Å². The van der Waals surface area contributed by atoms with Crippen molar-refractivity contribution in [1.29, 1.82) is 0 Å². The number of fused-ring (bicyclic) bond motifs is 1. The summed E-state index contributed by atoms with van der Waals surface area (Å²) in [4.78, 5) is 16.2. The Morgan fingerprint density at radius 2 is 1.94 bits per heavy atom. The number of nitrogens with zero attached hydrogens (tertiary/aromatic N) is 2. The van der Waals surface area contributed by atoms with Crippen LogP contribution in [0.4, 0.5) is 10.2 Å². The minimum atomic E-state index is -4.10. The number of nitrogens with two attached hydrogens (primary N) is 1. The smallest absolute Gasteiger partial charge is 0.408 e. The Kier molecular flexibility index (Phi) is 6.54. The van der Waals surface area contributed by atoms with Crippen molar-refractivity contribution in [3.63, 3.8) is 0 Å². The van der Waals surface area contributed by atoms with Crippen LogP contribution >= 0.6 is 0 Å². The fraction of sp³-hybridized carbons (Fsp3) is 0.250. The molecule has 3 N–H and O–H groups in total. The van der Waals surface area contributed by atoms with Crippen LogP contribution in [0.15, 0.2) is 68.7 Å². The summed E-state index contributed by atoms with van der Waals surface area (Å²) in [6.07, 6.45) is 1.70. The molecule has 2 aromatic heterocycles. The van der Waals surface area contributed by atoms with Crippen molar-refractivity contribution in [3.8, 4) is 0 Å². The summed E-state index contributed by atoms with van der Waals surface area (Å²) >= 11 is 0. The summed E-state index contributed by atoms with van der Waals surface area (Å²) in [6, 6.07) is 14.3. The second-order valence-electron chi connectivity index (χ2n) is 8.09. The molecule has 0 aliphatic heterocycles. The quantitative estimate of drug-likeness (QED) is 0.368. The molecule has 0 aliphatic carbocycles. The van der Waals surface area contributed by atoms with Gasteiger partial charge in [-0.1, -0.05) is 30.3 Å². The van der Waals surface area contributed by atoms with E-state index >= 15 is 0 Å². The van der Waals surface area contributed by atoms with E-state index in [1.54, 1.807) is 13.0 Å².